The molecule has 0 radical (unpaired) electrons. The molecule has 18 heavy (non-hydrogen) atoms. The third kappa shape index (κ3) is 2.62. The molecule has 0 aliphatic heterocycles. The number of ketones is 1. The summed E-state index contributed by atoms with van der Waals surface area (Å²) in [4.78, 5) is 13.2. The lowest BCUT2D eigenvalue weighted by atomic mass is 10.0. The van der Waals surface area contributed by atoms with Gasteiger partial charge in [0.15, 0.2) is 5.78 Å². The Hall–Kier alpha value is -1.61. The molecule has 2 rings (SSSR count). The predicted octanol–water partition coefficient (Wildman–Crippen LogP) is 4.09. The lowest BCUT2D eigenvalue weighted by Crippen LogP contribution is -2.02. The summed E-state index contributed by atoms with van der Waals surface area (Å²) in [5.74, 6) is -0.494. The van der Waals surface area contributed by atoms with E-state index < -0.39 is 0 Å². The van der Waals surface area contributed by atoms with Crippen LogP contribution in [0.25, 0.3) is 0 Å². The van der Waals surface area contributed by atoms with Gasteiger partial charge in [-0.2, -0.15) is 0 Å². The van der Waals surface area contributed by atoms with Gasteiger partial charge in [0, 0.05) is 16.0 Å². The summed E-state index contributed by atoms with van der Waals surface area (Å²) in [6.45, 7) is 1.68. The van der Waals surface area contributed by atoms with E-state index in [1.54, 1.807) is 36.9 Å². The largest absolute Gasteiger partial charge is 0.289 e. The smallest absolute Gasteiger partial charge is 0.193 e. The van der Waals surface area contributed by atoms with Crippen molar-refractivity contribution in [3.8, 4) is 0 Å². The van der Waals surface area contributed by atoms with E-state index in [9.17, 15) is 9.18 Å². The zero-order valence-corrected chi connectivity index (χ0v) is 11.1. The topological polar surface area (TPSA) is 17.1 Å². The molecule has 1 nitrogen and oxygen atoms in total. The number of hydrogen-bond acceptors (Lipinski definition) is 2. The summed E-state index contributed by atoms with van der Waals surface area (Å²) in [6, 6.07) is 11.9. The lowest BCUT2D eigenvalue weighted by molar-refractivity contribution is 0.103. The van der Waals surface area contributed by atoms with Crippen molar-refractivity contribution in [2.75, 3.05) is 6.26 Å². The van der Waals surface area contributed by atoms with E-state index >= 15 is 0 Å². The van der Waals surface area contributed by atoms with Crippen LogP contribution in [0.3, 0.4) is 0 Å². The molecule has 0 aromatic heterocycles. The van der Waals surface area contributed by atoms with Gasteiger partial charge < -0.3 is 0 Å². The van der Waals surface area contributed by atoms with E-state index in [-0.39, 0.29) is 11.6 Å². The van der Waals surface area contributed by atoms with Crippen LogP contribution >= 0.6 is 11.8 Å². The summed E-state index contributed by atoms with van der Waals surface area (Å²) in [6.07, 6.45) is 1.95. The molecule has 0 bridgehead atoms. The summed E-state index contributed by atoms with van der Waals surface area (Å²) in [5.41, 5.74) is 1.52. The standard InChI is InChI=1S/C15H13FOS/c1-10-6-7-12(9-14(10)16)15(17)11-4-3-5-13(8-11)18-2/h3-9H,1-2H3. The number of aryl methyl sites for hydroxylation is 1. The average molecular weight is 260 g/mol. The first kappa shape index (κ1) is 12.8. The first-order valence-corrected chi connectivity index (χ1v) is 6.79. The van der Waals surface area contributed by atoms with Gasteiger partial charge in [0.25, 0.3) is 0 Å². The Morgan fingerprint density at radius 1 is 1.11 bits per heavy atom. The predicted molar refractivity (Wildman–Crippen MR) is 72.8 cm³/mol. The Morgan fingerprint density at radius 3 is 2.50 bits per heavy atom. The fraction of sp³-hybridized carbons (Fsp3) is 0.133. The van der Waals surface area contributed by atoms with Gasteiger partial charge >= 0.3 is 0 Å². The van der Waals surface area contributed by atoms with Gasteiger partial charge in [-0.05, 0) is 36.9 Å². The first-order valence-electron chi connectivity index (χ1n) is 5.56. The molecule has 0 amide bonds. The monoisotopic (exact) mass is 260 g/mol. The van der Waals surface area contributed by atoms with Crippen molar-refractivity contribution in [2.24, 2.45) is 0 Å². The third-order valence-corrected chi connectivity index (χ3v) is 3.49. The Bertz CT molecular complexity index is 593. The first-order chi connectivity index (χ1) is 8.61. The molecule has 0 N–H and O–H groups in total. The lowest BCUT2D eigenvalue weighted by Gasteiger charge is -2.04. The quantitative estimate of drug-likeness (QED) is 0.611. The molecule has 0 spiro atoms. The van der Waals surface area contributed by atoms with Crippen molar-refractivity contribution < 1.29 is 9.18 Å². The van der Waals surface area contributed by atoms with Gasteiger partial charge in [-0.3, -0.25) is 4.79 Å². The molecule has 3 heteroatoms. The van der Waals surface area contributed by atoms with Crippen molar-refractivity contribution in [1.29, 1.82) is 0 Å². The second-order valence-corrected chi connectivity index (χ2v) is 4.90. The highest BCUT2D eigenvalue weighted by molar-refractivity contribution is 7.98. The third-order valence-electron chi connectivity index (χ3n) is 2.77. The molecule has 0 heterocycles. The average Bonchev–Trinajstić information content (AvgIpc) is 2.41. The van der Waals surface area contributed by atoms with E-state index in [0.29, 0.717) is 16.7 Å². The number of halogens is 1. The molecule has 0 aliphatic carbocycles. The van der Waals surface area contributed by atoms with E-state index in [1.807, 2.05) is 24.5 Å². The van der Waals surface area contributed by atoms with Crippen LogP contribution in [0.4, 0.5) is 4.39 Å². The Labute approximate surface area is 110 Å². The molecule has 0 saturated heterocycles. The zero-order valence-electron chi connectivity index (χ0n) is 10.2. The fourth-order valence-electron chi connectivity index (χ4n) is 1.67. The van der Waals surface area contributed by atoms with Crippen LogP contribution < -0.4 is 0 Å². The van der Waals surface area contributed by atoms with Gasteiger partial charge in [0.2, 0.25) is 0 Å². The Kier molecular flexibility index (Phi) is 3.82. The Morgan fingerprint density at radius 2 is 1.83 bits per heavy atom. The highest BCUT2D eigenvalue weighted by Gasteiger charge is 2.11. The van der Waals surface area contributed by atoms with Gasteiger partial charge in [-0.15, -0.1) is 11.8 Å². The van der Waals surface area contributed by atoms with E-state index in [0.717, 1.165) is 4.90 Å². The molecular formula is C15H13FOS. The zero-order chi connectivity index (χ0) is 13.1. The maximum Gasteiger partial charge on any atom is 0.193 e. The minimum absolute atomic E-state index is 0.148. The van der Waals surface area contributed by atoms with Crippen LogP contribution in [-0.2, 0) is 0 Å². The summed E-state index contributed by atoms with van der Waals surface area (Å²) in [5, 5.41) is 0. The minimum atomic E-state index is -0.345. The van der Waals surface area contributed by atoms with Crippen LogP contribution in [0.2, 0.25) is 0 Å². The van der Waals surface area contributed by atoms with Gasteiger partial charge in [0.05, 0.1) is 0 Å². The highest BCUT2D eigenvalue weighted by Crippen LogP contribution is 2.19. The fourth-order valence-corrected chi connectivity index (χ4v) is 2.12. The molecule has 0 fully saturated rings. The van der Waals surface area contributed by atoms with E-state index in [2.05, 4.69) is 0 Å². The molecular weight excluding hydrogens is 247 g/mol. The summed E-state index contributed by atoms with van der Waals surface area (Å²) >= 11 is 1.57. The SMILES string of the molecule is CSc1cccc(C(=O)c2ccc(C)c(F)c2)c1. The van der Waals surface area contributed by atoms with Gasteiger partial charge in [-0.25, -0.2) is 4.39 Å². The number of thioether (sulfide) groups is 1. The van der Waals surface area contributed by atoms with Crippen LogP contribution in [0, 0.1) is 12.7 Å². The van der Waals surface area contributed by atoms with Crippen LogP contribution in [-0.4, -0.2) is 12.0 Å². The summed E-state index contributed by atoms with van der Waals surface area (Å²) in [7, 11) is 0. The van der Waals surface area contributed by atoms with Crippen LogP contribution in [0.5, 0.6) is 0 Å². The summed E-state index contributed by atoms with van der Waals surface area (Å²) < 4.78 is 13.4. The van der Waals surface area contributed by atoms with E-state index in [4.69, 9.17) is 0 Å². The van der Waals surface area contributed by atoms with Crippen molar-refractivity contribution in [3.63, 3.8) is 0 Å². The van der Waals surface area contributed by atoms with Crippen LogP contribution in [0.1, 0.15) is 21.5 Å². The number of hydrogen-bond donors (Lipinski definition) is 0. The molecule has 0 unspecified atom stereocenters. The molecule has 92 valence electrons. The minimum Gasteiger partial charge on any atom is -0.289 e. The number of benzene rings is 2. The normalized spacial score (nSPS) is 10.4. The maximum atomic E-state index is 13.4. The Balaban J connectivity index is 2.38. The molecule has 0 atom stereocenters. The van der Waals surface area contributed by atoms with Gasteiger partial charge in [0.1, 0.15) is 5.82 Å². The van der Waals surface area contributed by atoms with Crippen molar-refractivity contribution >= 4 is 17.5 Å². The second kappa shape index (κ2) is 5.36. The van der Waals surface area contributed by atoms with E-state index in [1.165, 1.54) is 6.07 Å². The molecule has 0 aliphatic rings. The van der Waals surface area contributed by atoms with Crippen molar-refractivity contribution in [2.45, 2.75) is 11.8 Å². The number of carbonyl (C=O) groups is 1. The molecule has 2 aromatic rings. The van der Waals surface area contributed by atoms with Crippen molar-refractivity contribution in [3.05, 3.63) is 65.0 Å². The second-order valence-electron chi connectivity index (χ2n) is 4.03. The maximum absolute atomic E-state index is 13.4. The van der Waals surface area contributed by atoms with Crippen LogP contribution in [0.15, 0.2) is 47.4 Å². The number of carbonyl (C=O) groups excluding carboxylic acids is 1. The molecule has 2 aromatic carbocycles. The molecule has 0 saturated carbocycles. The highest BCUT2D eigenvalue weighted by atomic mass is 32.2. The van der Waals surface area contributed by atoms with Crippen molar-refractivity contribution in [1.82, 2.24) is 0 Å². The van der Waals surface area contributed by atoms with Gasteiger partial charge in [-0.1, -0.05) is 24.3 Å². The number of rotatable bonds is 3.